The van der Waals surface area contributed by atoms with Crippen LogP contribution in [0, 0.1) is 0 Å². The molecule has 5 nitrogen and oxygen atoms in total. The maximum absolute atomic E-state index is 12.3. The standard InChI is InChI=1S/C14H15ClN2O3S/c1-2-20-13-8-7-10(9-11(13)15)17-21(18,19)14-6-4-3-5-12(14)16/h3-9,17H,2,16H2,1H3. The van der Waals surface area contributed by atoms with Crippen LogP contribution in [0.25, 0.3) is 0 Å². The monoisotopic (exact) mass is 326 g/mol. The van der Waals surface area contributed by atoms with Gasteiger partial charge in [-0.1, -0.05) is 23.7 Å². The van der Waals surface area contributed by atoms with Crippen molar-refractivity contribution in [3.05, 3.63) is 47.5 Å². The van der Waals surface area contributed by atoms with E-state index in [1.807, 2.05) is 6.92 Å². The fourth-order valence-corrected chi connectivity index (χ4v) is 3.19. The quantitative estimate of drug-likeness (QED) is 0.827. The summed E-state index contributed by atoms with van der Waals surface area (Å²) in [6.07, 6.45) is 0. The van der Waals surface area contributed by atoms with Crippen molar-refractivity contribution in [3.63, 3.8) is 0 Å². The first-order chi connectivity index (χ1) is 9.94. The van der Waals surface area contributed by atoms with Gasteiger partial charge in [-0.3, -0.25) is 4.72 Å². The van der Waals surface area contributed by atoms with Gasteiger partial charge in [-0.25, -0.2) is 8.42 Å². The summed E-state index contributed by atoms with van der Waals surface area (Å²) in [4.78, 5) is 0.0232. The van der Waals surface area contributed by atoms with Crippen LogP contribution in [0.3, 0.4) is 0 Å². The van der Waals surface area contributed by atoms with Crippen molar-refractivity contribution in [1.82, 2.24) is 0 Å². The van der Waals surface area contributed by atoms with Crippen LogP contribution in [-0.4, -0.2) is 15.0 Å². The minimum absolute atomic E-state index is 0.0232. The van der Waals surface area contributed by atoms with Crippen LogP contribution in [0.4, 0.5) is 11.4 Å². The molecule has 0 amide bonds. The molecule has 0 saturated heterocycles. The fraction of sp³-hybridized carbons (Fsp3) is 0.143. The maximum Gasteiger partial charge on any atom is 0.263 e. The van der Waals surface area contributed by atoms with Crippen molar-refractivity contribution in [2.75, 3.05) is 17.1 Å². The van der Waals surface area contributed by atoms with Crippen LogP contribution in [0.15, 0.2) is 47.4 Å². The van der Waals surface area contributed by atoms with Crippen LogP contribution >= 0.6 is 11.6 Å². The Kier molecular flexibility index (Phi) is 4.59. The first-order valence-electron chi connectivity index (χ1n) is 6.23. The van der Waals surface area contributed by atoms with E-state index in [1.165, 1.54) is 18.2 Å². The minimum Gasteiger partial charge on any atom is -0.492 e. The molecule has 2 rings (SSSR count). The molecule has 0 aliphatic carbocycles. The van der Waals surface area contributed by atoms with Crippen LogP contribution in [0.2, 0.25) is 5.02 Å². The van der Waals surface area contributed by atoms with Gasteiger partial charge in [0.25, 0.3) is 10.0 Å². The molecular weight excluding hydrogens is 312 g/mol. The average molecular weight is 327 g/mol. The predicted octanol–water partition coefficient (Wildman–Crippen LogP) is 3.12. The fourth-order valence-electron chi connectivity index (χ4n) is 1.77. The van der Waals surface area contributed by atoms with E-state index in [0.29, 0.717) is 23.1 Å². The number of nitrogens with two attached hydrogens (primary N) is 1. The van der Waals surface area contributed by atoms with E-state index in [2.05, 4.69) is 4.72 Å². The summed E-state index contributed by atoms with van der Waals surface area (Å²) in [6.45, 7) is 2.32. The molecule has 0 heterocycles. The van der Waals surface area contributed by atoms with E-state index < -0.39 is 10.0 Å². The largest absolute Gasteiger partial charge is 0.492 e. The van der Waals surface area contributed by atoms with Gasteiger partial charge >= 0.3 is 0 Å². The zero-order valence-corrected chi connectivity index (χ0v) is 12.9. The number of sulfonamides is 1. The van der Waals surface area contributed by atoms with Crippen LogP contribution < -0.4 is 15.2 Å². The number of halogens is 1. The van der Waals surface area contributed by atoms with E-state index in [1.54, 1.807) is 24.3 Å². The molecule has 0 aliphatic heterocycles. The lowest BCUT2D eigenvalue weighted by molar-refractivity contribution is 0.340. The first kappa shape index (κ1) is 15.5. The highest BCUT2D eigenvalue weighted by Gasteiger charge is 2.17. The Labute approximate surface area is 128 Å². The summed E-state index contributed by atoms with van der Waals surface area (Å²) in [7, 11) is -3.76. The summed E-state index contributed by atoms with van der Waals surface area (Å²) in [5.41, 5.74) is 6.21. The molecule has 2 aromatic rings. The van der Waals surface area contributed by atoms with Crippen LogP contribution in [0.1, 0.15) is 6.92 Å². The SMILES string of the molecule is CCOc1ccc(NS(=O)(=O)c2ccccc2N)cc1Cl. The van der Waals surface area contributed by atoms with Gasteiger partial charge in [0.1, 0.15) is 10.6 Å². The first-order valence-corrected chi connectivity index (χ1v) is 8.10. The Hall–Kier alpha value is -1.92. The highest BCUT2D eigenvalue weighted by molar-refractivity contribution is 7.92. The Morgan fingerprint density at radius 1 is 1.24 bits per heavy atom. The molecule has 0 unspecified atom stereocenters. The summed E-state index contributed by atoms with van der Waals surface area (Å²) in [5.74, 6) is 0.501. The Morgan fingerprint density at radius 3 is 2.57 bits per heavy atom. The second kappa shape index (κ2) is 6.24. The number of para-hydroxylation sites is 1. The van der Waals surface area contributed by atoms with Crippen molar-refractivity contribution in [2.24, 2.45) is 0 Å². The lowest BCUT2D eigenvalue weighted by Crippen LogP contribution is -2.14. The molecule has 21 heavy (non-hydrogen) atoms. The summed E-state index contributed by atoms with van der Waals surface area (Å²) < 4.78 is 32.3. The average Bonchev–Trinajstić information content (AvgIpc) is 2.42. The smallest absolute Gasteiger partial charge is 0.263 e. The molecule has 0 radical (unpaired) electrons. The zero-order chi connectivity index (χ0) is 15.5. The highest BCUT2D eigenvalue weighted by atomic mass is 35.5. The van der Waals surface area contributed by atoms with Crippen molar-refractivity contribution >= 4 is 33.0 Å². The third-order valence-corrected chi connectivity index (χ3v) is 4.44. The number of nitrogen functional groups attached to an aromatic ring is 1. The van der Waals surface area contributed by atoms with Gasteiger partial charge in [0, 0.05) is 0 Å². The number of hydrogen-bond donors (Lipinski definition) is 2. The lowest BCUT2D eigenvalue weighted by atomic mass is 10.3. The van der Waals surface area contributed by atoms with E-state index in [0.717, 1.165) is 0 Å². The van der Waals surface area contributed by atoms with Gasteiger partial charge < -0.3 is 10.5 Å². The summed E-state index contributed by atoms with van der Waals surface area (Å²) in [6, 6.07) is 10.9. The summed E-state index contributed by atoms with van der Waals surface area (Å²) >= 11 is 6.03. The molecule has 0 aromatic heterocycles. The molecule has 0 spiro atoms. The number of rotatable bonds is 5. The van der Waals surface area contributed by atoms with E-state index in [9.17, 15) is 8.42 Å². The third-order valence-electron chi connectivity index (χ3n) is 2.69. The molecule has 7 heteroatoms. The zero-order valence-electron chi connectivity index (χ0n) is 11.3. The topological polar surface area (TPSA) is 81.4 Å². The molecule has 0 fully saturated rings. The molecule has 3 N–H and O–H groups in total. The van der Waals surface area contributed by atoms with Gasteiger partial charge in [-0.2, -0.15) is 0 Å². The second-order valence-corrected chi connectivity index (χ2v) is 6.28. The Bertz CT molecular complexity index is 748. The number of ether oxygens (including phenoxy) is 1. The van der Waals surface area contributed by atoms with Gasteiger partial charge in [-0.15, -0.1) is 0 Å². The van der Waals surface area contributed by atoms with Crippen molar-refractivity contribution in [2.45, 2.75) is 11.8 Å². The molecule has 0 atom stereocenters. The summed E-state index contributed by atoms with van der Waals surface area (Å²) in [5, 5.41) is 0.332. The van der Waals surface area contributed by atoms with Crippen molar-refractivity contribution in [1.29, 1.82) is 0 Å². The number of anilines is 2. The maximum atomic E-state index is 12.3. The van der Waals surface area contributed by atoms with E-state index in [-0.39, 0.29) is 10.6 Å². The number of hydrogen-bond acceptors (Lipinski definition) is 4. The normalized spacial score (nSPS) is 11.1. The van der Waals surface area contributed by atoms with Gasteiger partial charge in [0.15, 0.2) is 0 Å². The van der Waals surface area contributed by atoms with Crippen molar-refractivity contribution in [3.8, 4) is 5.75 Å². The van der Waals surface area contributed by atoms with E-state index in [4.69, 9.17) is 22.1 Å². The molecule has 0 aliphatic rings. The highest BCUT2D eigenvalue weighted by Crippen LogP contribution is 2.29. The van der Waals surface area contributed by atoms with Crippen LogP contribution in [-0.2, 0) is 10.0 Å². The molecule has 0 bridgehead atoms. The van der Waals surface area contributed by atoms with Crippen molar-refractivity contribution < 1.29 is 13.2 Å². The number of nitrogens with one attached hydrogen (secondary N) is 1. The Balaban J connectivity index is 2.29. The second-order valence-electron chi connectivity index (χ2n) is 4.22. The van der Waals surface area contributed by atoms with Gasteiger partial charge in [-0.05, 0) is 37.3 Å². The van der Waals surface area contributed by atoms with E-state index >= 15 is 0 Å². The third kappa shape index (κ3) is 3.59. The molecular formula is C14H15ClN2O3S. The minimum atomic E-state index is -3.76. The van der Waals surface area contributed by atoms with Crippen LogP contribution in [0.5, 0.6) is 5.75 Å². The van der Waals surface area contributed by atoms with Gasteiger partial charge in [0.05, 0.1) is 23.0 Å². The lowest BCUT2D eigenvalue weighted by Gasteiger charge is -2.11. The predicted molar refractivity (Wildman–Crippen MR) is 84.3 cm³/mol. The molecule has 0 saturated carbocycles. The van der Waals surface area contributed by atoms with Gasteiger partial charge in [0.2, 0.25) is 0 Å². The molecule has 112 valence electrons. The number of benzene rings is 2. The Morgan fingerprint density at radius 2 is 1.95 bits per heavy atom. The molecule has 2 aromatic carbocycles.